The van der Waals surface area contributed by atoms with Crippen LogP contribution >= 0.6 is 0 Å². The maximum absolute atomic E-state index is 12.6. The zero-order valence-electron chi connectivity index (χ0n) is 17.0. The molecule has 2 N–H and O–H groups in total. The molecule has 1 aromatic heterocycles. The average Bonchev–Trinajstić information content (AvgIpc) is 3.22. The topological polar surface area (TPSA) is 62.5 Å². The van der Waals surface area contributed by atoms with Crippen LogP contribution in [0.25, 0.3) is 11.5 Å². The van der Waals surface area contributed by atoms with Gasteiger partial charge in [-0.1, -0.05) is 29.5 Å². The lowest BCUT2D eigenvalue weighted by Gasteiger charge is -2.08. The molecule has 0 aliphatic carbocycles. The molecule has 3 rings (SSSR count). The number of guanidine groups is 1. The first-order valence-electron chi connectivity index (χ1n) is 9.47. The van der Waals surface area contributed by atoms with Crippen molar-refractivity contribution in [3.05, 3.63) is 77.2 Å². The molecule has 2 aromatic carbocycles. The molecule has 5 nitrogen and oxygen atoms in total. The first-order valence-corrected chi connectivity index (χ1v) is 9.47. The van der Waals surface area contributed by atoms with Crippen molar-refractivity contribution in [3.8, 4) is 23.3 Å². The second kappa shape index (κ2) is 9.85. The molecule has 160 valence electrons. The van der Waals surface area contributed by atoms with Gasteiger partial charge in [0.1, 0.15) is 6.26 Å². The van der Waals surface area contributed by atoms with E-state index in [0.717, 1.165) is 29.0 Å². The first kappa shape index (κ1) is 22.0. The van der Waals surface area contributed by atoms with E-state index in [1.807, 2.05) is 31.2 Å². The van der Waals surface area contributed by atoms with E-state index in [0.29, 0.717) is 24.0 Å². The molecule has 0 atom stereocenters. The molecular formula is C23H21F3N4O. The van der Waals surface area contributed by atoms with Crippen LogP contribution in [0.5, 0.6) is 0 Å². The van der Waals surface area contributed by atoms with Gasteiger partial charge in [0.15, 0.2) is 5.96 Å². The van der Waals surface area contributed by atoms with Gasteiger partial charge in [-0.15, -0.1) is 0 Å². The van der Waals surface area contributed by atoms with Crippen molar-refractivity contribution >= 4 is 5.96 Å². The number of aliphatic imine (C=N–C) groups is 1. The van der Waals surface area contributed by atoms with Crippen molar-refractivity contribution in [1.82, 2.24) is 15.6 Å². The number of rotatable bonds is 4. The van der Waals surface area contributed by atoms with Crippen molar-refractivity contribution in [1.29, 1.82) is 0 Å². The van der Waals surface area contributed by atoms with Crippen LogP contribution in [-0.4, -0.2) is 24.5 Å². The van der Waals surface area contributed by atoms with Crippen molar-refractivity contribution in [3.63, 3.8) is 0 Å². The summed E-state index contributed by atoms with van der Waals surface area (Å²) in [5.74, 6) is 6.73. The van der Waals surface area contributed by atoms with Crippen LogP contribution in [0.3, 0.4) is 0 Å². The number of hydrogen-bond donors (Lipinski definition) is 2. The van der Waals surface area contributed by atoms with Gasteiger partial charge in [0.2, 0.25) is 5.89 Å². The Morgan fingerprint density at radius 2 is 1.77 bits per heavy atom. The van der Waals surface area contributed by atoms with Gasteiger partial charge in [0, 0.05) is 18.2 Å². The smallest absolute Gasteiger partial charge is 0.416 e. The minimum Gasteiger partial charge on any atom is -0.444 e. The predicted octanol–water partition coefficient (Wildman–Crippen LogP) is 4.39. The van der Waals surface area contributed by atoms with Crippen molar-refractivity contribution in [2.75, 3.05) is 13.6 Å². The van der Waals surface area contributed by atoms with Gasteiger partial charge in [0.05, 0.1) is 24.3 Å². The van der Waals surface area contributed by atoms with Gasteiger partial charge in [0.25, 0.3) is 0 Å². The third-order valence-corrected chi connectivity index (χ3v) is 4.30. The summed E-state index contributed by atoms with van der Waals surface area (Å²) in [7, 11) is 1.62. The van der Waals surface area contributed by atoms with Crippen LogP contribution in [0.2, 0.25) is 0 Å². The second-order valence-corrected chi connectivity index (χ2v) is 6.67. The maximum atomic E-state index is 12.6. The molecule has 0 bridgehead atoms. The molecule has 0 aliphatic heterocycles. The fraction of sp³-hybridized carbons (Fsp3) is 0.217. The van der Waals surface area contributed by atoms with E-state index < -0.39 is 11.7 Å². The van der Waals surface area contributed by atoms with Gasteiger partial charge in [-0.2, -0.15) is 13.2 Å². The molecule has 0 spiro atoms. The zero-order chi connectivity index (χ0) is 22.3. The van der Waals surface area contributed by atoms with E-state index in [1.54, 1.807) is 13.3 Å². The Labute approximate surface area is 178 Å². The standard InChI is InChI=1S/C23H21F3N4O/c1-16-5-9-18(10-6-16)21-30-20(15-31-21)14-29-22(27-2)28-13-3-4-17-7-11-19(12-8-17)23(24,25)26/h5-12,15H,13-14H2,1-2H3,(H2,27,28,29). The number of benzene rings is 2. The van der Waals surface area contributed by atoms with Crippen LogP contribution in [0.4, 0.5) is 13.2 Å². The molecule has 3 aromatic rings. The van der Waals surface area contributed by atoms with Gasteiger partial charge in [-0.3, -0.25) is 4.99 Å². The highest BCUT2D eigenvalue weighted by atomic mass is 19.4. The van der Waals surface area contributed by atoms with E-state index in [2.05, 4.69) is 32.5 Å². The summed E-state index contributed by atoms with van der Waals surface area (Å²) >= 11 is 0. The normalized spacial score (nSPS) is 11.6. The quantitative estimate of drug-likeness (QED) is 0.369. The Balaban J connectivity index is 1.49. The van der Waals surface area contributed by atoms with Gasteiger partial charge in [-0.25, -0.2) is 4.98 Å². The highest BCUT2D eigenvalue weighted by Crippen LogP contribution is 2.28. The number of halogens is 3. The Morgan fingerprint density at radius 3 is 2.42 bits per heavy atom. The lowest BCUT2D eigenvalue weighted by atomic mass is 10.1. The van der Waals surface area contributed by atoms with Crippen molar-refractivity contribution in [2.45, 2.75) is 19.6 Å². The number of alkyl halides is 3. The first-order chi connectivity index (χ1) is 14.8. The molecule has 0 saturated carbocycles. The number of aromatic nitrogens is 1. The van der Waals surface area contributed by atoms with E-state index in [9.17, 15) is 13.2 Å². The van der Waals surface area contributed by atoms with Gasteiger partial charge >= 0.3 is 6.18 Å². The van der Waals surface area contributed by atoms with Crippen LogP contribution in [0, 0.1) is 18.8 Å². The molecule has 0 aliphatic rings. The van der Waals surface area contributed by atoms with E-state index >= 15 is 0 Å². The number of nitrogens with one attached hydrogen (secondary N) is 2. The number of oxazole rings is 1. The highest BCUT2D eigenvalue weighted by Gasteiger charge is 2.29. The SMILES string of the molecule is CN=C(NCC#Cc1ccc(C(F)(F)F)cc1)NCc1coc(-c2ccc(C)cc2)n1. The predicted molar refractivity (Wildman–Crippen MR) is 113 cm³/mol. The number of nitrogens with zero attached hydrogens (tertiary/aromatic N) is 2. The lowest BCUT2D eigenvalue weighted by molar-refractivity contribution is -0.137. The molecule has 1 heterocycles. The van der Waals surface area contributed by atoms with Crippen molar-refractivity contribution in [2.24, 2.45) is 4.99 Å². The minimum atomic E-state index is -4.35. The Bertz CT molecular complexity index is 1090. The van der Waals surface area contributed by atoms with Crippen LogP contribution < -0.4 is 10.6 Å². The van der Waals surface area contributed by atoms with E-state index in [1.165, 1.54) is 12.1 Å². The molecule has 0 unspecified atom stereocenters. The summed E-state index contributed by atoms with van der Waals surface area (Å²) in [6, 6.07) is 12.6. The van der Waals surface area contributed by atoms with Crippen LogP contribution in [-0.2, 0) is 12.7 Å². The summed E-state index contributed by atoms with van der Waals surface area (Å²) < 4.78 is 43.3. The molecular weight excluding hydrogens is 405 g/mol. The summed E-state index contributed by atoms with van der Waals surface area (Å²) in [4.78, 5) is 8.56. The Kier molecular flexibility index (Phi) is 6.98. The number of aryl methyl sites for hydroxylation is 1. The molecule has 0 amide bonds. The molecule has 0 saturated heterocycles. The fourth-order valence-corrected chi connectivity index (χ4v) is 2.63. The van der Waals surface area contributed by atoms with E-state index in [-0.39, 0.29) is 6.54 Å². The minimum absolute atomic E-state index is 0.272. The third kappa shape index (κ3) is 6.37. The third-order valence-electron chi connectivity index (χ3n) is 4.30. The monoisotopic (exact) mass is 426 g/mol. The zero-order valence-corrected chi connectivity index (χ0v) is 17.0. The lowest BCUT2D eigenvalue weighted by Crippen LogP contribution is -2.37. The fourth-order valence-electron chi connectivity index (χ4n) is 2.63. The maximum Gasteiger partial charge on any atom is 0.416 e. The van der Waals surface area contributed by atoms with E-state index in [4.69, 9.17) is 4.42 Å². The van der Waals surface area contributed by atoms with Gasteiger partial charge < -0.3 is 15.1 Å². The van der Waals surface area contributed by atoms with Crippen LogP contribution in [0.15, 0.2) is 64.2 Å². The molecule has 8 heteroatoms. The summed E-state index contributed by atoms with van der Waals surface area (Å²) in [6.07, 6.45) is -2.77. The summed E-state index contributed by atoms with van der Waals surface area (Å²) in [5.41, 5.74) is 2.59. The van der Waals surface area contributed by atoms with Crippen LogP contribution in [0.1, 0.15) is 22.4 Å². The summed E-state index contributed by atoms with van der Waals surface area (Å²) in [6.45, 7) is 2.69. The van der Waals surface area contributed by atoms with Gasteiger partial charge in [-0.05, 0) is 43.3 Å². The largest absolute Gasteiger partial charge is 0.444 e. The van der Waals surface area contributed by atoms with Crippen molar-refractivity contribution < 1.29 is 17.6 Å². The Hall–Kier alpha value is -3.73. The molecule has 0 fully saturated rings. The summed E-state index contributed by atoms with van der Waals surface area (Å²) in [5, 5.41) is 6.12. The second-order valence-electron chi connectivity index (χ2n) is 6.67. The molecule has 0 radical (unpaired) electrons. The average molecular weight is 426 g/mol. The Morgan fingerprint density at radius 1 is 1.06 bits per heavy atom. The number of hydrogen-bond acceptors (Lipinski definition) is 3. The highest BCUT2D eigenvalue weighted by molar-refractivity contribution is 5.79. The molecule has 31 heavy (non-hydrogen) atoms.